The predicted molar refractivity (Wildman–Crippen MR) is 91.1 cm³/mol. The van der Waals surface area contributed by atoms with Crippen LogP contribution >= 0.6 is 0 Å². The Bertz CT molecular complexity index is 429. The largest absolute Gasteiger partial charge is 0.496 e. The zero-order valence-electron chi connectivity index (χ0n) is 14.7. The minimum absolute atomic E-state index is 0.287. The van der Waals surface area contributed by atoms with E-state index in [4.69, 9.17) is 4.74 Å². The van der Waals surface area contributed by atoms with Gasteiger partial charge in [0.25, 0.3) is 0 Å². The average molecular weight is 292 g/mol. The number of nitrogens with zero attached hydrogens (tertiary/aromatic N) is 1. The van der Waals surface area contributed by atoms with Gasteiger partial charge in [0.15, 0.2) is 0 Å². The minimum atomic E-state index is 0.287. The third kappa shape index (κ3) is 5.68. The second-order valence-corrected chi connectivity index (χ2v) is 6.62. The smallest absolute Gasteiger partial charge is 0.123 e. The summed E-state index contributed by atoms with van der Waals surface area (Å²) >= 11 is 0. The second kappa shape index (κ2) is 8.40. The summed E-state index contributed by atoms with van der Waals surface area (Å²) in [6, 6.07) is 7.26. The summed E-state index contributed by atoms with van der Waals surface area (Å²) < 4.78 is 5.52. The molecule has 1 rings (SSSR count). The van der Waals surface area contributed by atoms with Crippen LogP contribution in [0.4, 0.5) is 0 Å². The number of aryl methyl sites for hydroxylation is 1. The van der Waals surface area contributed by atoms with Crippen molar-refractivity contribution < 1.29 is 4.74 Å². The summed E-state index contributed by atoms with van der Waals surface area (Å²) in [6.45, 7) is 9.85. The highest BCUT2D eigenvalue weighted by Crippen LogP contribution is 2.26. The van der Waals surface area contributed by atoms with Crippen LogP contribution < -0.4 is 10.1 Å². The van der Waals surface area contributed by atoms with Gasteiger partial charge >= 0.3 is 0 Å². The molecule has 0 heterocycles. The van der Waals surface area contributed by atoms with Gasteiger partial charge in [-0.3, -0.25) is 0 Å². The summed E-state index contributed by atoms with van der Waals surface area (Å²) in [7, 11) is 6.06. The molecule has 3 heteroatoms. The van der Waals surface area contributed by atoms with Gasteiger partial charge in [0.05, 0.1) is 7.11 Å². The van der Waals surface area contributed by atoms with E-state index in [9.17, 15) is 0 Å². The first kappa shape index (κ1) is 18.0. The number of benzene rings is 1. The van der Waals surface area contributed by atoms with Gasteiger partial charge in [-0.2, -0.15) is 0 Å². The maximum Gasteiger partial charge on any atom is 0.123 e. The highest BCUT2D eigenvalue weighted by atomic mass is 16.5. The maximum atomic E-state index is 5.52. The van der Waals surface area contributed by atoms with E-state index < -0.39 is 0 Å². The molecular formula is C18H32N2O. The molecule has 2 atom stereocenters. The fourth-order valence-corrected chi connectivity index (χ4v) is 2.62. The van der Waals surface area contributed by atoms with Crippen molar-refractivity contribution >= 4 is 0 Å². The number of ether oxygens (including phenoxy) is 1. The molecule has 0 aliphatic heterocycles. The summed E-state index contributed by atoms with van der Waals surface area (Å²) in [5.74, 6) is 1.68. The van der Waals surface area contributed by atoms with Crippen LogP contribution in [0.2, 0.25) is 0 Å². The molecule has 0 saturated heterocycles. The standard InChI is InChI=1S/C18H32N2O/c1-13(2)10-16(20(5)6)12-19-15(4)17-9-8-14(3)11-18(17)21-7/h8-9,11,13,15-16,19H,10,12H2,1-7H3. The Balaban J connectivity index is 2.69. The van der Waals surface area contributed by atoms with Gasteiger partial charge in [-0.15, -0.1) is 0 Å². The van der Waals surface area contributed by atoms with E-state index in [0.29, 0.717) is 12.0 Å². The normalized spacial score (nSPS) is 14.5. The molecule has 0 spiro atoms. The predicted octanol–water partition coefficient (Wildman–Crippen LogP) is 3.63. The lowest BCUT2D eigenvalue weighted by atomic mass is 10.0. The van der Waals surface area contributed by atoms with E-state index in [1.54, 1.807) is 7.11 Å². The van der Waals surface area contributed by atoms with Gasteiger partial charge in [-0.05, 0) is 51.9 Å². The van der Waals surface area contributed by atoms with Crippen molar-refractivity contribution in [2.75, 3.05) is 27.7 Å². The monoisotopic (exact) mass is 292 g/mol. The van der Waals surface area contributed by atoms with Crippen molar-refractivity contribution in [3.05, 3.63) is 29.3 Å². The minimum Gasteiger partial charge on any atom is -0.496 e. The van der Waals surface area contributed by atoms with Crippen molar-refractivity contribution in [2.45, 2.75) is 46.2 Å². The van der Waals surface area contributed by atoms with Gasteiger partial charge in [-0.1, -0.05) is 26.0 Å². The van der Waals surface area contributed by atoms with Gasteiger partial charge in [-0.25, -0.2) is 0 Å². The van der Waals surface area contributed by atoms with Gasteiger partial charge in [0.1, 0.15) is 5.75 Å². The van der Waals surface area contributed by atoms with Crippen LogP contribution in [0.3, 0.4) is 0 Å². The van der Waals surface area contributed by atoms with E-state index in [1.807, 2.05) is 0 Å². The number of nitrogens with one attached hydrogen (secondary N) is 1. The summed E-state index contributed by atoms with van der Waals surface area (Å²) in [5.41, 5.74) is 2.46. The third-order valence-electron chi connectivity index (χ3n) is 3.99. The van der Waals surface area contributed by atoms with Crippen molar-refractivity contribution in [3.8, 4) is 5.75 Å². The highest BCUT2D eigenvalue weighted by molar-refractivity contribution is 5.39. The van der Waals surface area contributed by atoms with Crippen LogP contribution in [0, 0.1) is 12.8 Å². The van der Waals surface area contributed by atoms with E-state index in [2.05, 4.69) is 70.2 Å². The molecule has 0 aliphatic carbocycles. The zero-order valence-corrected chi connectivity index (χ0v) is 14.7. The molecule has 0 saturated carbocycles. The lowest BCUT2D eigenvalue weighted by molar-refractivity contribution is 0.241. The Morgan fingerprint density at radius 1 is 1.19 bits per heavy atom. The molecule has 0 aromatic heterocycles. The van der Waals surface area contributed by atoms with Crippen LogP contribution in [0.1, 0.15) is 44.4 Å². The first-order valence-corrected chi connectivity index (χ1v) is 7.89. The van der Waals surface area contributed by atoms with Gasteiger partial charge < -0.3 is 15.0 Å². The molecule has 0 aliphatic rings. The molecule has 0 bridgehead atoms. The third-order valence-corrected chi connectivity index (χ3v) is 3.99. The Hall–Kier alpha value is -1.06. The van der Waals surface area contributed by atoms with Crippen molar-refractivity contribution in [2.24, 2.45) is 5.92 Å². The number of hydrogen-bond acceptors (Lipinski definition) is 3. The topological polar surface area (TPSA) is 24.5 Å². The molecule has 0 radical (unpaired) electrons. The Morgan fingerprint density at radius 2 is 1.86 bits per heavy atom. The van der Waals surface area contributed by atoms with Gasteiger partial charge in [0, 0.05) is 24.2 Å². The van der Waals surface area contributed by atoms with Crippen LogP contribution in [-0.2, 0) is 0 Å². The van der Waals surface area contributed by atoms with Crippen molar-refractivity contribution in [1.82, 2.24) is 10.2 Å². The molecule has 0 fully saturated rings. The number of likely N-dealkylation sites (N-methyl/N-ethyl adjacent to an activating group) is 1. The number of hydrogen-bond donors (Lipinski definition) is 1. The Labute approximate surface area is 130 Å². The van der Waals surface area contributed by atoms with Crippen molar-refractivity contribution in [1.29, 1.82) is 0 Å². The van der Waals surface area contributed by atoms with Crippen LogP contribution in [0.5, 0.6) is 5.75 Å². The number of methoxy groups -OCH3 is 1. The fourth-order valence-electron chi connectivity index (χ4n) is 2.62. The number of rotatable bonds is 8. The second-order valence-electron chi connectivity index (χ2n) is 6.62. The first-order valence-electron chi connectivity index (χ1n) is 7.89. The van der Waals surface area contributed by atoms with E-state index in [-0.39, 0.29) is 6.04 Å². The summed E-state index contributed by atoms with van der Waals surface area (Å²) in [5, 5.41) is 3.66. The van der Waals surface area contributed by atoms with Crippen LogP contribution in [-0.4, -0.2) is 38.7 Å². The summed E-state index contributed by atoms with van der Waals surface area (Å²) in [6.07, 6.45) is 1.21. The molecule has 0 amide bonds. The van der Waals surface area contributed by atoms with Gasteiger partial charge in [0.2, 0.25) is 0 Å². The SMILES string of the molecule is COc1cc(C)ccc1C(C)NCC(CC(C)C)N(C)C. The lowest BCUT2D eigenvalue weighted by Gasteiger charge is -2.28. The molecule has 1 N–H and O–H groups in total. The Kier molecular flexibility index (Phi) is 7.20. The molecule has 120 valence electrons. The quantitative estimate of drug-likeness (QED) is 0.792. The fraction of sp³-hybridized carbons (Fsp3) is 0.667. The molecule has 3 nitrogen and oxygen atoms in total. The molecule has 1 aromatic rings. The van der Waals surface area contributed by atoms with E-state index >= 15 is 0 Å². The maximum absolute atomic E-state index is 5.52. The molecule has 21 heavy (non-hydrogen) atoms. The van der Waals surface area contributed by atoms with E-state index in [0.717, 1.165) is 12.3 Å². The van der Waals surface area contributed by atoms with Crippen LogP contribution in [0.25, 0.3) is 0 Å². The molecular weight excluding hydrogens is 260 g/mol. The highest BCUT2D eigenvalue weighted by Gasteiger charge is 2.16. The van der Waals surface area contributed by atoms with Crippen LogP contribution in [0.15, 0.2) is 18.2 Å². The molecule has 1 aromatic carbocycles. The lowest BCUT2D eigenvalue weighted by Crippen LogP contribution is -2.39. The molecule has 2 unspecified atom stereocenters. The van der Waals surface area contributed by atoms with E-state index in [1.165, 1.54) is 17.5 Å². The zero-order chi connectivity index (χ0) is 16.0. The van der Waals surface area contributed by atoms with Crippen molar-refractivity contribution in [3.63, 3.8) is 0 Å². The first-order chi connectivity index (χ1) is 9.85. The average Bonchev–Trinajstić information content (AvgIpc) is 2.42. The summed E-state index contributed by atoms with van der Waals surface area (Å²) in [4.78, 5) is 2.31. The Morgan fingerprint density at radius 3 is 2.38 bits per heavy atom.